The quantitative estimate of drug-likeness (QED) is 0.878. The number of halogens is 1. The predicted octanol–water partition coefficient (Wildman–Crippen LogP) is 2.14. The van der Waals surface area contributed by atoms with Crippen molar-refractivity contribution in [2.75, 3.05) is 12.8 Å². The van der Waals surface area contributed by atoms with Gasteiger partial charge in [0.1, 0.15) is 4.90 Å². The molecule has 0 spiro atoms. The minimum absolute atomic E-state index is 0.00222. The number of rotatable bonds is 4. The third-order valence-corrected chi connectivity index (χ3v) is 5.04. The van der Waals surface area contributed by atoms with Gasteiger partial charge in [0.15, 0.2) is 0 Å². The number of benzene rings is 1. The first-order valence-electron chi connectivity index (χ1n) is 5.82. The maximum absolute atomic E-state index is 12.5. The molecule has 1 aromatic carbocycles. The van der Waals surface area contributed by atoms with Crippen LogP contribution in [0.3, 0.4) is 0 Å². The Hall–Kier alpha value is -1.63. The second kappa shape index (κ2) is 5.78. The monoisotopic (exact) mass is 311 g/mol. The summed E-state index contributed by atoms with van der Waals surface area (Å²) in [4.78, 5) is 4.10. The van der Waals surface area contributed by atoms with Gasteiger partial charge >= 0.3 is 0 Å². The number of sulfonamides is 1. The number of aromatic nitrogens is 1. The van der Waals surface area contributed by atoms with Crippen LogP contribution >= 0.6 is 11.6 Å². The van der Waals surface area contributed by atoms with E-state index >= 15 is 0 Å². The van der Waals surface area contributed by atoms with E-state index in [1.807, 2.05) is 0 Å². The first-order chi connectivity index (χ1) is 9.41. The van der Waals surface area contributed by atoms with Crippen molar-refractivity contribution in [1.82, 2.24) is 9.29 Å². The van der Waals surface area contributed by atoms with E-state index in [-0.39, 0.29) is 16.5 Å². The average Bonchev–Trinajstić information content (AvgIpc) is 2.42. The molecule has 0 radical (unpaired) electrons. The zero-order valence-corrected chi connectivity index (χ0v) is 12.4. The first kappa shape index (κ1) is 14.8. The normalized spacial score (nSPS) is 11.8. The Morgan fingerprint density at radius 1 is 1.30 bits per heavy atom. The van der Waals surface area contributed by atoms with E-state index in [1.165, 1.54) is 23.5 Å². The average molecular weight is 312 g/mol. The molecule has 1 aromatic heterocycles. The van der Waals surface area contributed by atoms with Gasteiger partial charge in [-0.3, -0.25) is 4.98 Å². The van der Waals surface area contributed by atoms with Gasteiger partial charge in [0.05, 0.1) is 17.3 Å². The minimum atomic E-state index is -3.71. The lowest BCUT2D eigenvalue weighted by Gasteiger charge is -2.17. The number of pyridine rings is 1. The largest absolute Gasteiger partial charge is 0.399 e. The van der Waals surface area contributed by atoms with Gasteiger partial charge in [-0.1, -0.05) is 17.7 Å². The molecule has 0 aliphatic heterocycles. The molecule has 0 aliphatic rings. The van der Waals surface area contributed by atoms with Gasteiger partial charge < -0.3 is 5.73 Å². The van der Waals surface area contributed by atoms with Gasteiger partial charge in [0.2, 0.25) is 10.0 Å². The fourth-order valence-electron chi connectivity index (χ4n) is 1.69. The van der Waals surface area contributed by atoms with Crippen molar-refractivity contribution in [2.45, 2.75) is 11.4 Å². The number of nitrogen functional groups attached to an aromatic ring is 1. The SMILES string of the molecule is CN(Cc1ccccn1)S(=O)(=O)c1cc(N)ccc1Cl. The molecule has 2 aromatic rings. The van der Waals surface area contributed by atoms with Crippen molar-refractivity contribution in [3.05, 3.63) is 53.3 Å². The van der Waals surface area contributed by atoms with E-state index in [0.29, 0.717) is 11.4 Å². The molecular formula is C13H14ClN3O2S. The number of anilines is 1. The molecule has 106 valence electrons. The lowest BCUT2D eigenvalue weighted by atomic mass is 10.3. The second-order valence-electron chi connectivity index (χ2n) is 4.27. The van der Waals surface area contributed by atoms with Gasteiger partial charge in [-0.2, -0.15) is 4.31 Å². The van der Waals surface area contributed by atoms with Crippen LogP contribution in [0.5, 0.6) is 0 Å². The lowest BCUT2D eigenvalue weighted by Crippen LogP contribution is -2.27. The molecule has 0 aliphatic carbocycles. The number of hydrogen-bond acceptors (Lipinski definition) is 4. The Morgan fingerprint density at radius 3 is 2.70 bits per heavy atom. The smallest absolute Gasteiger partial charge is 0.244 e. The summed E-state index contributed by atoms with van der Waals surface area (Å²) in [6.45, 7) is 0.161. The summed E-state index contributed by atoms with van der Waals surface area (Å²) >= 11 is 5.95. The number of nitrogens with zero attached hydrogens (tertiary/aromatic N) is 2. The molecule has 7 heteroatoms. The summed E-state index contributed by atoms with van der Waals surface area (Å²) in [6.07, 6.45) is 1.61. The van der Waals surface area contributed by atoms with Crippen molar-refractivity contribution < 1.29 is 8.42 Å². The summed E-state index contributed by atoms with van der Waals surface area (Å²) in [5.41, 5.74) is 6.62. The third kappa shape index (κ3) is 3.09. The van der Waals surface area contributed by atoms with Crippen LogP contribution in [0.2, 0.25) is 5.02 Å². The first-order valence-corrected chi connectivity index (χ1v) is 7.64. The third-order valence-electron chi connectivity index (χ3n) is 2.75. The summed E-state index contributed by atoms with van der Waals surface area (Å²) < 4.78 is 26.1. The van der Waals surface area contributed by atoms with Crippen LogP contribution in [-0.4, -0.2) is 24.8 Å². The fourth-order valence-corrected chi connectivity index (χ4v) is 3.34. The topological polar surface area (TPSA) is 76.3 Å². The van der Waals surface area contributed by atoms with E-state index < -0.39 is 10.0 Å². The fraction of sp³-hybridized carbons (Fsp3) is 0.154. The van der Waals surface area contributed by atoms with Crippen molar-refractivity contribution in [3.8, 4) is 0 Å². The number of nitrogens with two attached hydrogens (primary N) is 1. The minimum Gasteiger partial charge on any atom is -0.399 e. The highest BCUT2D eigenvalue weighted by atomic mass is 35.5. The van der Waals surface area contributed by atoms with E-state index in [1.54, 1.807) is 30.5 Å². The molecule has 5 nitrogen and oxygen atoms in total. The Balaban J connectivity index is 2.32. The maximum Gasteiger partial charge on any atom is 0.244 e. The highest BCUT2D eigenvalue weighted by Crippen LogP contribution is 2.26. The Bertz CT molecular complexity index is 705. The zero-order valence-electron chi connectivity index (χ0n) is 10.8. The molecule has 20 heavy (non-hydrogen) atoms. The summed E-state index contributed by atoms with van der Waals surface area (Å²) in [5, 5.41) is 0.145. The molecule has 0 atom stereocenters. The van der Waals surface area contributed by atoms with E-state index in [9.17, 15) is 8.42 Å². The van der Waals surface area contributed by atoms with Crippen LogP contribution in [0.4, 0.5) is 5.69 Å². The van der Waals surface area contributed by atoms with Crippen molar-refractivity contribution in [3.63, 3.8) is 0 Å². The van der Waals surface area contributed by atoms with Gasteiger partial charge in [0, 0.05) is 18.9 Å². The molecule has 0 amide bonds. The predicted molar refractivity (Wildman–Crippen MR) is 78.8 cm³/mol. The van der Waals surface area contributed by atoms with Crippen LogP contribution in [0.15, 0.2) is 47.5 Å². The molecule has 2 rings (SSSR count). The van der Waals surface area contributed by atoms with Crippen LogP contribution in [0.25, 0.3) is 0 Å². The molecule has 0 bridgehead atoms. The lowest BCUT2D eigenvalue weighted by molar-refractivity contribution is 0.462. The summed E-state index contributed by atoms with van der Waals surface area (Å²) in [5.74, 6) is 0. The van der Waals surface area contributed by atoms with Crippen LogP contribution in [0.1, 0.15) is 5.69 Å². The van der Waals surface area contributed by atoms with Gasteiger partial charge in [-0.25, -0.2) is 8.42 Å². The molecule has 0 saturated heterocycles. The van der Waals surface area contributed by atoms with Gasteiger partial charge in [-0.15, -0.1) is 0 Å². The van der Waals surface area contributed by atoms with Crippen molar-refractivity contribution in [1.29, 1.82) is 0 Å². The summed E-state index contributed by atoms with van der Waals surface area (Å²) in [7, 11) is -2.23. The molecule has 0 fully saturated rings. The van der Waals surface area contributed by atoms with E-state index in [0.717, 1.165) is 0 Å². The van der Waals surface area contributed by atoms with Gasteiger partial charge in [0.25, 0.3) is 0 Å². The molecule has 0 unspecified atom stereocenters. The Morgan fingerprint density at radius 2 is 2.05 bits per heavy atom. The van der Waals surface area contributed by atoms with Crippen LogP contribution < -0.4 is 5.73 Å². The number of hydrogen-bond donors (Lipinski definition) is 1. The highest BCUT2D eigenvalue weighted by Gasteiger charge is 2.24. The van der Waals surface area contributed by atoms with Crippen molar-refractivity contribution in [2.24, 2.45) is 0 Å². The maximum atomic E-state index is 12.5. The van der Waals surface area contributed by atoms with Crippen LogP contribution in [-0.2, 0) is 16.6 Å². The van der Waals surface area contributed by atoms with E-state index in [4.69, 9.17) is 17.3 Å². The van der Waals surface area contributed by atoms with Crippen LogP contribution in [0, 0.1) is 0 Å². The molecular weight excluding hydrogens is 298 g/mol. The van der Waals surface area contributed by atoms with Gasteiger partial charge in [-0.05, 0) is 30.3 Å². The van der Waals surface area contributed by atoms with Crippen molar-refractivity contribution >= 4 is 27.3 Å². The standard InChI is InChI=1S/C13H14ClN3O2S/c1-17(9-11-4-2-3-7-16-11)20(18,19)13-8-10(15)5-6-12(13)14/h2-8H,9,15H2,1H3. The Labute approximate surface area is 123 Å². The summed E-state index contributed by atoms with van der Waals surface area (Å²) in [6, 6.07) is 9.71. The second-order valence-corrected chi connectivity index (χ2v) is 6.69. The molecule has 2 N–H and O–H groups in total. The molecule has 1 heterocycles. The van der Waals surface area contributed by atoms with E-state index in [2.05, 4.69) is 4.98 Å². The molecule has 0 saturated carbocycles. The highest BCUT2D eigenvalue weighted by molar-refractivity contribution is 7.89. The Kier molecular flexibility index (Phi) is 4.27. The zero-order chi connectivity index (χ0) is 14.8.